The van der Waals surface area contributed by atoms with E-state index in [-0.39, 0.29) is 0 Å². The van der Waals surface area contributed by atoms with Crippen LogP contribution in [0.25, 0.3) is 0 Å². The number of rotatable bonds is 3. The highest BCUT2D eigenvalue weighted by Crippen LogP contribution is 2.33. The molecule has 0 aromatic carbocycles. The van der Waals surface area contributed by atoms with Crippen molar-refractivity contribution in [3.05, 3.63) is 29.7 Å². The van der Waals surface area contributed by atoms with Crippen LogP contribution in [0.3, 0.4) is 0 Å². The molecule has 0 aromatic rings. The van der Waals surface area contributed by atoms with Crippen LogP contribution in [0.4, 0.5) is 0 Å². The number of thioether (sulfide) groups is 1. The summed E-state index contributed by atoms with van der Waals surface area (Å²) in [6.45, 7) is 0. The van der Waals surface area contributed by atoms with E-state index in [2.05, 4.69) is 0 Å². The van der Waals surface area contributed by atoms with Gasteiger partial charge in [0.05, 0.1) is 4.92 Å². The van der Waals surface area contributed by atoms with Crippen LogP contribution >= 0.6 is 58.2 Å². The third-order valence-electron chi connectivity index (χ3n) is 0.878. The van der Waals surface area contributed by atoms with E-state index in [1.54, 1.807) is 5.40 Å². The summed E-state index contributed by atoms with van der Waals surface area (Å²) in [6, 6.07) is 0. The summed E-state index contributed by atoms with van der Waals surface area (Å²) in [4.78, 5) is 9.59. The maximum absolute atomic E-state index is 10.5. The van der Waals surface area contributed by atoms with Crippen molar-refractivity contribution in [2.24, 2.45) is 0 Å². The van der Waals surface area contributed by atoms with Crippen LogP contribution in [0.5, 0.6) is 0 Å². The third-order valence-corrected chi connectivity index (χ3v) is 2.69. The summed E-state index contributed by atoms with van der Waals surface area (Å²) < 4.78 is -0.892. The van der Waals surface area contributed by atoms with Gasteiger partial charge in [0.1, 0.15) is 9.89 Å². The van der Waals surface area contributed by atoms with E-state index in [1.165, 1.54) is 0 Å². The first-order chi connectivity index (χ1) is 6.41. The summed E-state index contributed by atoms with van der Waals surface area (Å²) in [5.74, 6) is 0. The van der Waals surface area contributed by atoms with E-state index in [4.69, 9.17) is 51.7 Å². The van der Waals surface area contributed by atoms with Gasteiger partial charge in [-0.15, -0.1) is 0 Å². The van der Waals surface area contributed by atoms with Gasteiger partial charge < -0.3 is 0 Å². The third kappa shape index (κ3) is 3.95. The Labute approximate surface area is 103 Å². The molecule has 4 nitrogen and oxygen atoms in total. The predicted molar refractivity (Wildman–Crippen MR) is 57.7 cm³/mol. The van der Waals surface area contributed by atoms with Gasteiger partial charge in [0, 0.05) is 11.8 Å². The molecule has 0 spiro atoms. The highest BCUT2D eigenvalue weighted by Gasteiger charge is 2.24. The Morgan fingerprint density at radius 3 is 2.14 bits per heavy atom. The molecule has 0 saturated carbocycles. The van der Waals surface area contributed by atoms with Crippen molar-refractivity contribution in [1.82, 2.24) is 0 Å². The van der Waals surface area contributed by atoms with E-state index in [0.29, 0.717) is 11.8 Å². The van der Waals surface area contributed by atoms with Gasteiger partial charge in [0.2, 0.25) is 0 Å². The largest absolute Gasteiger partial charge is 0.316 e. The molecule has 0 aliphatic carbocycles. The number of hydrogen-bond acceptors (Lipinski definition) is 4. The van der Waals surface area contributed by atoms with E-state index in [1.807, 2.05) is 0 Å². The maximum atomic E-state index is 10.5. The number of hydrogen-bond donors (Lipinski definition) is 0. The van der Waals surface area contributed by atoms with Gasteiger partial charge in [-0.05, 0) is 0 Å². The SMILES string of the molecule is N#CS/C(Cl)=C(\C(Cl)=C(Cl)Cl)[N+](=O)[O-]. The van der Waals surface area contributed by atoms with Crippen molar-refractivity contribution in [3.8, 4) is 5.40 Å². The first-order valence-corrected chi connectivity index (χ1v) is 5.05. The Hall–Kier alpha value is -0.120. The fourth-order valence-corrected chi connectivity index (χ4v) is 1.48. The van der Waals surface area contributed by atoms with Crippen LogP contribution in [0, 0.1) is 20.8 Å². The molecule has 0 aliphatic rings. The fraction of sp³-hybridized carbons (Fsp3) is 0. The smallest absolute Gasteiger partial charge is 0.258 e. The average molecular weight is 294 g/mol. The van der Waals surface area contributed by atoms with Gasteiger partial charge >= 0.3 is 5.70 Å². The summed E-state index contributed by atoms with van der Waals surface area (Å²) in [5, 5.41) is 19.7. The van der Waals surface area contributed by atoms with Crippen LogP contribution in [0.2, 0.25) is 0 Å². The zero-order chi connectivity index (χ0) is 11.3. The van der Waals surface area contributed by atoms with Crippen molar-refractivity contribution in [1.29, 1.82) is 5.26 Å². The standard InChI is InChI=1S/C5Cl4N2O2S/c6-2(4(7)8)3(11(12)13)5(9)14-1-10/b5-3+. The molecule has 0 atom stereocenters. The van der Waals surface area contributed by atoms with Crippen LogP contribution < -0.4 is 0 Å². The zero-order valence-electron chi connectivity index (χ0n) is 6.13. The van der Waals surface area contributed by atoms with Crippen LogP contribution in [-0.2, 0) is 0 Å². The topological polar surface area (TPSA) is 66.9 Å². The molecule has 0 unspecified atom stereocenters. The van der Waals surface area contributed by atoms with Crippen molar-refractivity contribution >= 4 is 58.2 Å². The van der Waals surface area contributed by atoms with Gasteiger partial charge in [-0.25, -0.2) is 0 Å². The molecule has 0 saturated heterocycles. The minimum Gasteiger partial charge on any atom is -0.258 e. The Balaban J connectivity index is 5.40. The van der Waals surface area contributed by atoms with Gasteiger partial charge in [-0.2, -0.15) is 5.26 Å². The Morgan fingerprint density at radius 1 is 1.36 bits per heavy atom. The summed E-state index contributed by atoms with van der Waals surface area (Å²) in [7, 11) is 0. The van der Waals surface area contributed by atoms with Gasteiger partial charge in [0.15, 0.2) is 9.40 Å². The number of nitriles is 1. The Bertz CT molecular complexity index is 355. The Morgan fingerprint density at radius 2 is 1.86 bits per heavy atom. The highest BCUT2D eigenvalue weighted by atomic mass is 35.5. The highest BCUT2D eigenvalue weighted by molar-refractivity contribution is 8.08. The lowest BCUT2D eigenvalue weighted by atomic mass is 10.5. The molecule has 9 heteroatoms. The predicted octanol–water partition coefficient (Wildman–Crippen LogP) is 3.77. The number of nitrogens with zero attached hydrogens (tertiary/aromatic N) is 2. The van der Waals surface area contributed by atoms with E-state index >= 15 is 0 Å². The molecule has 0 heterocycles. The zero-order valence-corrected chi connectivity index (χ0v) is 9.97. The second kappa shape index (κ2) is 6.38. The lowest BCUT2D eigenvalue weighted by molar-refractivity contribution is -0.419. The van der Waals surface area contributed by atoms with Gasteiger partial charge in [-0.3, -0.25) is 10.1 Å². The molecule has 0 aliphatic heterocycles. The molecule has 0 N–H and O–H groups in total. The van der Waals surface area contributed by atoms with E-state index in [9.17, 15) is 10.1 Å². The number of halogens is 4. The van der Waals surface area contributed by atoms with Crippen molar-refractivity contribution in [2.45, 2.75) is 0 Å². The number of allylic oxidation sites excluding steroid dienone is 1. The lowest BCUT2D eigenvalue weighted by Gasteiger charge is -1.97. The van der Waals surface area contributed by atoms with E-state index in [0.717, 1.165) is 0 Å². The second-order valence-corrected chi connectivity index (χ2v) is 4.37. The second-order valence-electron chi connectivity index (χ2n) is 1.65. The van der Waals surface area contributed by atoms with Crippen molar-refractivity contribution < 1.29 is 4.92 Å². The molecule has 0 rings (SSSR count). The van der Waals surface area contributed by atoms with Crippen molar-refractivity contribution in [2.75, 3.05) is 0 Å². The molecule has 0 radical (unpaired) electrons. The molecule has 76 valence electrons. The fourth-order valence-electron chi connectivity index (χ4n) is 0.416. The number of nitro groups is 1. The molecule has 0 fully saturated rings. The van der Waals surface area contributed by atoms with E-state index < -0.39 is 24.5 Å². The van der Waals surface area contributed by atoms with Gasteiger partial charge in [-0.1, -0.05) is 46.4 Å². The molecular weight excluding hydrogens is 294 g/mol. The van der Waals surface area contributed by atoms with Crippen molar-refractivity contribution in [3.63, 3.8) is 0 Å². The molecule has 14 heavy (non-hydrogen) atoms. The van der Waals surface area contributed by atoms with Gasteiger partial charge in [0.25, 0.3) is 0 Å². The normalized spacial score (nSPS) is 11.4. The summed E-state index contributed by atoms with van der Waals surface area (Å²) in [6.07, 6.45) is 0. The van der Waals surface area contributed by atoms with Crippen LogP contribution in [0.1, 0.15) is 0 Å². The first kappa shape index (κ1) is 13.9. The number of thiocyanates is 1. The molecular formula is C5Cl4N2O2S. The monoisotopic (exact) mass is 292 g/mol. The molecule has 0 bridgehead atoms. The summed E-state index contributed by atoms with van der Waals surface area (Å²) >= 11 is 21.7. The maximum Gasteiger partial charge on any atom is 0.316 e. The lowest BCUT2D eigenvalue weighted by Crippen LogP contribution is -2.00. The minimum absolute atomic E-state index is 0.386. The molecule has 0 amide bonds. The molecule has 0 aromatic heterocycles. The minimum atomic E-state index is -0.875. The summed E-state index contributed by atoms with van der Waals surface area (Å²) in [5.41, 5.74) is -0.695. The van der Waals surface area contributed by atoms with Crippen LogP contribution in [0.15, 0.2) is 19.6 Å². The quantitative estimate of drug-likeness (QED) is 0.344. The first-order valence-electron chi connectivity index (χ1n) is 2.73. The van der Waals surface area contributed by atoms with Crippen LogP contribution in [-0.4, -0.2) is 4.92 Å². The average Bonchev–Trinajstić information content (AvgIpc) is 2.03. The Kier molecular flexibility index (Phi) is 6.33.